The summed E-state index contributed by atoms with van der Waals surface area (Å²) in [4.78, 5) is 24.4. The molecule has 0 bridgehead atoms. The molecule has 1 heterocycles. The molecule has 1 aromatic heterocycles. The van der Waals surface area contributed by atoms with E-state index in [1.165, 1.54) is 20.4 Å². The van der Waals surface area contributed by atoms with Crippen LogP contribution in [0, 0.1) is 0 Å². The predicted octanol–water partition coefficient (Wildman–Crippen LogP) is 0.909. The lowest BCUT2D eigenvalue weighted by Crippen LogP contribution is -2.24. The predicted molar refractivity (Wildman–Crippen MR) is 77.4 cm³/mol. The second kappa shape index (κ2) is 5.74. The minimum Gasteiger partial charge on any atom is -0.496 e. The molecule has 0 fully saturated rings. The fourth-order valence-electron chi connectivity index (χ4n) is 2.12. The lowest BCUT2D eigenvalue weighted by molar-refractivity contribution is 0.0524. The third kappa shape index (κ3) is 2.37. The molecule has 0 saturated heterocycles. The molecule has 21 heavy (non-hydrogen) atoms. The van der Waals surface area contributed by atoms with Gasteiger partial charge in [0, 0.05) is 6.20 Å². The Morgan fingerprint density at radius 2 is 1.86 bits per heavy atom. The van der Waals surface area contributed by atoms with Gasteiger partial charge >= 0.3 is 5.97 Å². The molecule has 112 valence electrons. The quantitative estimate of drug-likeness (QED) is 0.665. The lowest BCUT2D eigenvalue weighted by atomic mass is 10.1. The van der Waals surface area contributed by atoms with Crippen LogP contribution in [-0.4, -0.2) is 31.5 Å². The zero-order valence-corrected chi connectivity index (χ0v) is 12.0. The summed E-state index contributed by atoms with van der Waals surface area (Å²) in [5, 5.41) is 0.171. The van der Waals surface area contributed by atoms with Crippen LogP contribution in [0.25, 0.3) is 10.9 Å². The summed E-state index contributed by atoms with van der Waals surface area (Å²) in [5.41, 5.74) is -0.325. The van der Waals surface area contributed by atoms with Crippen molar-refractivity contribution in [3.8, 4) is 11.5 Å². The zero-order chi connectivity index (χ0) is 15.6. The fourth-order valence-corrected chi connectivity index (χ4v) is 2.12. The number of rotatable bonds is 4. The number of benzene rings is 1. The average molecular weight is 292 g/mol. The highest BCUT2D eigenvalue weighted by molar-refractivity contribution is 5.97. The third-order valence-electron chi connectivity index (χ3n) is 3.04. The number of nitrogens with zero attached hydrogens (tertiary/aromatic N) is 1. The van der Waals surface area contributed by atoms with Gasteiger partial charge in [-0.1, -0.05) is 0 Å². The van der Waals surface area contributed by atoms with E-state index in [-0.39, 0.29) is 17.6 Å². The summed E-state index contributed by atoms with van der Waals surface area (Å²) in [6.07, 6.45) is 1.23. The molecule has 0 aliphatic heterocycles. The van der Waals surface area contributed by atoms with Crippen LogP contribution in [-0.2, 0) is 4.74 Å². The average Bonchev–Trinajstić information content (AvgIpc) is 2.49. The number of nitrogens with two attached hydrogens (primary N) is 1. The van der Waals surface area contributed by atoms with Gasteiger partial charge < -0.3 is 20.1 Å². The molecular weight excluding hydrogens is 276 g/mol. The van der Waals surface area contributed by atoms with E-state index in [4.69, 9.17) is 20.1 Å². The van der Waals surface area contributed by atoms with E-state index in [9.17, 15) is 9.59 Å². The van der Waals surface area contributed by atoms with Gasteiger partial charge in [-0.3, -0.25) is 9.47 Å². The van der Waals surface area contributed by atoms with E-state index in [0.717, 1.165) is 4.68 Å². The van der Waals surface area contributed by atoms with Crippen LogP contribution < -0.4 is 20.7 Å². The Morgan fingerprint density at radius 1 is 1.24 bits per heavy atom. The number of hydrogen-bond donors (Lipinski definition) is 1. The molecular formula is C14H16N2O5. The topological polar surface area (TPSA) is 92.8 Å². The number of carbonyl (C=O) groups is 1. The van der Waals surface area contributed by atoms with E-state index in [2.05, 4.69) is 0 Å². The summed E-state index contributed by atoms with van der Waals surface area (Å²) in [5.74, 6) is 5.88. The van der Waals surface area contributed by atoms with Gasteiger partial charge in [0.05, 0.1) is 26.2 Å². The van der Waals surface area contributed by atoms with Crippen LogP contribution in [0.5, 0.6) is 11.5 Å². The Kier molecular flexibility index (Phi) is 4.02. The van der Waals surface area contributed by atoms with Crippen molar-refractivity contribution in [1.82, 2.24) is 4.68 Å². The number of nitrogen functional groups attached to an aromatic ring is 1. The molecule has 2 aromatic rings. The van der Waals surface area contributed by atoms with Gasteiger partial charge in [0.25, 0.3) is 0 Å². The minimum absolute atomic E-state index is 0.154. The van der Waals surface area contributed by atoms with Gasteiger partial charge in [0.15, 0.2) is 0 Å². The maximum Gasteiger partial charge on any atom is 0.343 e. The summed E-state index contributed by atoms with van der Waals surface area (Å²) >= 11 is 0. The van der Waals surface area contributed by atoms with E-state index in [1.54, 1.807) is 19.1 Å². The van der Waals surface area contributed by atoms with Gasteiger partial charge in [-0.25, -0.2) is 4.79 Å². The number of pyridine rings is 1. The Labute approximate surface area is 120 Å². The van der Waals surface area contributed by atoms with Gasteiger partial charge in [-0.15, -0.1) is 0 Å². The fraction of sp³-hybridized carbons (Fsp3) is 0.286. The number of aromatic nitrogens is 1. The zero-order valence-electron chi connectivity index (χ0n) is 12.0. The Balaban J connectivity index is 2.88. The van der Waals surface area contributed by atoms with Crippen molar-refractivity contribution in [3.05, 3.63) is 34.1 Å². The van der Waals surface area contributed by atoms with Crippen molar-refractivity contribution in [3.63, 3.8) is 0 Å². The van der Waals surface area contributed by atoms with E-state index in [0.29, 0.717) is 17.0 Å². The first-order chi connectivity index (χ1) is 10.0. The number of esters is 1. The van der Waals surface area contributed by atoms with Crippen LogP contribution in [0.4, 0.5) is 0 Å². The largest absolute Gasteiger partial charge is 0.496 e. The van der Waals surface area contributed by atoms with Crippen molar-refractivity contribution in [2.24, 2.45) is 0 Å². The summed E-state index contributed by atoms with van der Waals surface area (Å²) < 4.78 is 16.4. The number of methoxy groups -OCH3 is 2. The Hall–Kier alpha value is -2.70. The molecule has 0 saturated carbocycles. The molecule has 2 N–H and O–H groups in total. The van der Waals surface area contributed by atoms with Crippen molar-refractivity contribution >= 4 is 16.9 Å². The van der Waals surface area contributed by atoms with Crippen LogP contribution in [0.2, 0.25) is 0 Å². The maximum atomic E-state index is 12.5. The molecule has 0 aliphatic rings. The van der Waals surface area contributed by atoms with Crippen LogP contribution in [0.1, 0.15) is 17.3 Å². The maximum absolute atomic E-state index is 12.5. The molecule has 0 radical (unpaired) electrons. The highest BCUT2D eigenvalue weighted by Crippen LogP contribution is 2.30. The van der Waals surface area contributed by atoms with Crippen molar-refractivity contribution in [2.75, 3.05) is 26.7 Å². The normalized spacial score (nSPS) is 10.4. The smallest absolute Gasteiger partial charge is 0.343 e. The molecule has 1 aromatic carbocycles. The van der Waals surface area contributed by atoms with Crippen molar-refractivity contribution < 1.29 is 19.0 Å². The molecule has 0 atom stereocenters. The monoisotopic (exact) mass is 292 g/mol. The number of hydrogen-bond acceptors (Lipinski definition) is 6. The Morgan fingerprint density at radius 3 is 2.43 bits per heavy atom. The molecule has 0 unspecified atom stereocenters. The SMILES string of the molecule is CCOC(=O)c1cn(N)c2c(OC)ccc(OC)c2c1=O. The summed E-state index contributed by atoms with van der Waals surface area (Å²) in [6.45, 7) is 1.82. The first kappa shape index (κ1) is 14.7. The second-order valence-electron chi connectivity index (χ2n) is 4.19. The number of carbonyl (C=O) groups excluding carboxylic acids is 1. The van der Waals surface area contributed by atoms with Gasteiger partial charge in [0.1, 0.15) is 22.6 Å². The molecule has 0 spiro atoms. The highest BCUT2D eigenvalue weighted by Gasteiger charge is 2.20. The van der Waals surface area contributed by atoms with E-state index in [1.807, 2.05) is 0 Å². The third-order valence-corrected chi connectivity index (χ3v) is 3.04. The molecule has 0 aliphatic carbocycles. The van der Waals surface area contributed by atoms with E-state index < -0.39 is 11.4 Å². The van der Waals surface area contributed by atoms with Crippen LogP contribution >= 0.6 is 0 Å². The summed E-state index contributed by atoms with van der Waals surface area (Å²) in [6, 6.07) is 3.21. The standard InChI is InChI=1S/C14H16N2O5/c1-4-21-14(18)8-7-16(15)12-10(20-3)6-5-9(19-2)11(12)13(8)17/h5-7H,4,15H2,1-3H3. The van der Waals surface area contributed by atoms with Crippen molar-refractivity contribution in [1.29, 1.82) is 0 Å². The van der Waals surface area contributed by atoms with Crippen LogP contribution in [0.3, 0.4) is 0 Å². The van der Waals surface area contributed by atoms with Crippen molar-refractivity contribution in [2.45, 2.75) is 6.92 Å². The minimum atomic E-state index is -0.728. The molecule has 7 heteroatoms. The molecule has 7 nitrogen and oxygen atoms in total. The lowest BCUT2D eigenvalue weighted by Gasteiger charge is -2.14. The Bertz CT molecular complexity index is 751. The second-order valence-corrected chi connectivity index (χ2v) is 4.19. The van der Waals surface area contributed by atoms with Gasteiger partial charge in [-0.2, -0.15) is 0 Å². The van der Waals surface area contributed by atoms with E-state index >= 15 is 0 Å². The first-order valence-corrected chi connectivity index (χ1v) is 6.27. The molecule has 0 amide bonds. The molecule has 2 rings (SSSR count). The van der Waals surface area contributed by atoms with Crippen LogP contribution in [0.15, 0.2) is 23.1 Å². The highest BCUT2D eigenvalue weighted by atomic mass is 16.5. The number of ether oxygens (including phenoxy) is 3. The van der Waals surface area contributed by atoms with Gasteiger partial charge in [-0.05, 0) is 19.1 Å². The first-order valence-electron chi connectivity index (χ1n) is 6.27. The summed E-state index contributed by atoms with van der Waals surface area (Å²) in [7, 11) is 2.89. The number of fused-ring (bicyclic) bond motifs is 1. The van der Waals surface area contributed by atoms with Gasteiger partial charge in [0.2, 0.25) is 5.43 Å².